The number of hydrogen-bond acceptors (Lipinski definition) is 5. The van der Waals surface area contributed by atoms with Crippen LogP contribution in [0, 0.1) is 11.3 Å². The molecule has 0 fully saturated rings. The van der Waals surface area contributed by atoms with Gasteiger partial charge in [-0.15, -0.1) is 0 Å². The maximum atomic E-state index is 12.4. The molecule has 16 heavy (non-hydrogen) atoms. The quantitative estimate of drug-likeness (QED) is 0.636. The number of thiazole rings is 1. The molecule has 1 rings (SSSR count). The predicted octanol–water partition coefficient (Wildman–Crippen LogP) is 2.36. The molecule has 0 aliphatic carbocycles. The molecule has 0 amide bonds. The lowest BCUT2D eigenvalue weighted by Crippen LogP contribution is -2.22. The fourth-order valence-corrected chi connectivity index (χ4v) is 1.66. The van der Waals surface area contributed by atoms with Crippen LogP contribution in [0.15, 0.2) is 0 Å². The number of hydrogen-bond donors (Lipinski definition) is 2. The Bertz CT molecular complexity index is 393. The van der Waals surface area contributed by atoms with Gasteiger partial charge < -0.3 is 0 Å². The third-order valence-electron chi connectivity index (χ3n) is 1.57. The third-order valence-corrected chi connectivity index (χ3v) is 2.44. The van der Waals surface area contributed by atoms with Gasteiger partial charge in [-0.2, -0.15) is 18.4 Å². The van der Waals surface area contributed by atoms with Crippen molar-refractivity contribution in [3.05, 3.63) is 10.6 Å². The molecule has 0 bridgehead atoms. The minimum atomic E-state index is -4.59. The van der Waals surface area contributed by atoms with E-state index in [0.717, 1.165) is 6.42 Å². The van der Waals surface area contributed by atoms with Gasteiger partial charge in [0.1, 0.15) is 10.9 Å². The monoisotopic (exact) mass is 250 g/mol. The molecule has 0 unspecified atom stereocenters. The van der Waals surface area contributed by atoms with Gasteiger partial charge in [0.05, 0.1) is 0 Å². The average molecular weight is 250 g/mol. The molecule has 0 aromatic carbocycles. The molecule has 2 N–H and O–H groups in total. The molecule has 4 nitrogen and oxygen atoms in total. The fraction of sp³-hybridized carbons (Fsp3) is 0.500. The zero-order chi connectivity index (χ0) is 12.2. The molecule has 0 spiro atoms. The summed E-state index contributed by atoms with van der Waals surface area (Å²) in [5.41, 5.74) is 4.07. The summed E-state index contributed by atoms with van der Waals surface area (Å²) in [4.78, 5) is 2.88. The molecule has 0 saturated carbocycles. The minimum Gasteiger partial charge on any atom is -0.297 e. The van der Waals surface area contributed by atoms with Crippen LogP contribution in [0.25, 0.3) is 0 Å². The average Bonchev–Trinajstić information content (AvgIpc) is 2.61. The van der Waals surface area contributed by atoms with Gasteiger partial charge in [-0.1, -0.05) is 18.3 Å². The molecule has 8 heteroatoms. The second kappa shape index (κ2) is 5.14. The fourth-order valence-electron chi connectivity index (χ4n) is 0.905. The highest BCUT2D eigenvalue weighted by atomic mass is 32.1. The second-order valence-corrected chi connectivity index (χ2v) is 3.86. The summed E-state index contributed by atoms with van der Waals surface area (Å²) < 4.78 is 37.1. The number of nitriles is 1. The smallest absolute Gasteiger partial charge is 0.297 e. The Morgan fingerprint density at radius 1 is 1.50 bits per heavy atom. The van der Waals surface area contributed by atoms with E-state index in [-0.39, 0.29) is 5.13 Å². The van der Waals surface area contributed by atoms with Crippen molar-refractivity contribution in [2.24, 2.45) is 0 Å². The van der Waals surface area contributed by atoms with Gasteiger partial charge in [-0.3, -0.25) is 5.43 Å². The van der Waals surface area contributed by atoms with Crippen LogP contribution in [0.3, 0.4) is 0 Å². The first-order valence-corrected chi connectivity index (χ1v) is 5.27. The third kappa shape index (κ3) is 3.08. The van der Waals surface area contributed by atoms with Gasteiger partial charge in [0.2, 0.25) is 0 Å². The predicted molar refractivity (Wildman–Crippen MR) is 53.7 cm³/mol. The first kappa shape index (κ1) is 12.7. The summed E-state index contributed by atoms with van der Waals surface area (Å²) in [6.45, 7) is 2.52. The summed E-state index contributed by atoms with van der Waals surface area (Å²) in [7, 11) is 0. The highest BCUT2D eigenvalue weighted by Gasteiger charge is 2.37. The van der Waals surface area contributed by atoms with Crippen LogP contribution < -0.4 is 10.9 Å². The topological polar surface area (TPSA) is 60.7 Å². The Morgan fingerprint density at radius 2 is 2.19 bits per heavy atom. The van der Waals surface area contributed by atoms with Gasteiger partial charge in [0.25, 0.3) is 0 Å². The molecule has 0 atom stereocenters. The number of alkyl halides is 3. The van der Waals surface area contributed by atoms with Gasteiger partial charge in [0, 0.05) is 6.54 Å². The van der Waals surface area contributed by atoms with E-state index in [1.165, 1.54) is 6.07 Å². The van der Waals surface area contributed by atoms with Crippen LogP contribution in [0.2, 0.25) is 0 Å². The van der Waals surface area contributed by atoms with Gasteiger partial charge >= 0.3 is 6.18 Å². The Labute approximate surface area is 94.1 Å². The van der Waals surface area contributed by atoms with Gasteiger partial charge in [-0.05, 0) is 6.42 Å². The van der Waals surface area contributed by atoms with E-state index in [2.05, 4.69) is 15.8 Å². The molecular weight excluding hydrogens is 241 g/mol. The van der Waals surface area contributed by atoms with Crippen LogP contribution >= 0.6 is 11.3 Å². The van der Waals surface area contributed by atoms with Gasteiger partial charge in [-0.25, -0.2) is 10.4 Å². The van der Waals surface area contributed by atoms with Crippen molar-refractivity contribution in [1.29, 1.82) is 5.26 Å². The van der Waals surface area contributed by atoms with Crippen molar-refractivity contribution in [3.8, 4) is 6.07 Å². The lowest BCUT2D eigenvalue weighted by molar-refractivity contribution is -0.140. The molecule has 0 saturated heterocycles. The van der Waals surface area contributed by atoms with Crippen LogP contribution in [0.5, 0.6) is 0 Å². The molecule has 88 valence electrons. The molecule has 0 radical (unpaired) electrons. The van der Waals surface area contributed by atoms with E-state index in [1.807, 2.05) is 6.92 Å². The molecule has 0 aliphatic rings. The SMILES string of the molecule is CCCNNc1nc(C(F)(F)F)c(C#N)s1. The standard InChI is InChI=1S/C8H9F3N4S/c1-2-3-13-15-7-14-6(8(9,10)11)5(4-12)16-7/h13H,2-3H2,1H3,(H,14,15). The maximum Gasteiger partial charge on any atom is 0.435 e. The number of aromatic nitrogens is 1. The maximum absolute atomic E-state index is 12.4. The lowest BCUT2D eigenvalue weighted by atomic mass is 10.4. The number of nitrogens with one attached hydrogen (secondary N) is 2. The second-order valence-electron chi connectivity index (χ2n) is 2.86. The molecule has 1 heterocycles. The zero-order valence-electron chi connectivity index (χ0n) is 8.35. The molecule has 1 aromatic rings. The van der Waals surface area contributed by atoms with Crippen LogP contribution in [0.1, 0.15) is 23.9 Å². The number of halogens is 3. The Hall–Kier alpha value is -1.33. The number of hydrazine groups is 1. The van der Waals surface area contributed by atoms with E-state index < -0.39 is 16.7 Å². The summed E-state index contributed by atoms with van der Waals surface area (Å²) in [6.07, 6.45) is -3.76. The molecule has 0 aliphatic heterocycles. The van der Waals surface area contributed by atoms with Crippen molar-refractivity contribution < 1.29 is 13.2 Å². The van der Waals surface area contributed by atoms with Crippen molar-refractivity contribution >= 4 is 16.5 Å². The zero-order valence-corrected chi connectivity index (χ0v) is 9.17. The minimum absolute atomic E-state index is 0.0392. The Balaban J connectivity index is 2.83. The van der Waals surface area contributed by atoms with Crippen molar-refractivity contribution in [1.82, 2.24) is 10.4 Å². The van der Waals surface area contributed by atoms with Crippen LogP contribution in [0.4, 0.5) is 18.3 Å². The van der Waals surface area contributed by atoms with E-state index >= 15 is 0 Å². The van der Waals surface area contributed by atoms with E-state index in [4.69, 9.17) is 5.26 Å². The Kier molecular flexibility index (Phi) is 4.09. The van der Waals surface area contributed by atoms with Gasteiger partial charge in [0.15, 0.2) is 10.8 Å². The lowest BCUT2D eigenvalue weighted by Gasteiger charge is -2.03. The number of anilines is 1. The highest BCUT2D eigenvalue weighted by Crippen LogP contribution is 2.35. The Morgan fingerprint density at radius 3 is 2.62 bits per heavy atom. The number of rotatable bonds is 4. The number of nitrogens with zero attached hydrogens (tertiary/aromatic N) is 2. The summed E-state index contributed by atoms with van der Waals surface area (Å²) >= 11 is 0.671. The summed E-state index contributed by atoms with van der Waals surface area (Å²) in [6, 6.07) is 1.48. The largest absolute Gasteiger partial charge is 0.435 e. The summed E-state index contributed by atoms with van der Waals surface area (Å²) in [5, 5.41) is 8.58. The molecule has 1 aromatic heterocycles. The first-order chi connectivity index (χ1) is 7.49. The van der Waals surface area contributed by atoms with Crippen molar-refractivity contribution in [3.63, 3.8) is 0 Å². The highest BCUT2D eigenvalue weighted by molar-refractivity contribution is 7.16. The van der Waals surface area contributed by atoms with Crippen molar-refractivity contribution in [2.45, 2.75) is 19.5 Å². The summed E-state index contributed by atoms with van der Waals surface area (Å²) in [5.74, 6) is 0. The van der Waals surface area contributed by atoms with Crippen LogP contribution in [-0.2, 0) is 6.18 Å². The van der Waals surface area contributed by atoms with Crippen molar-refractivity contribution in [2.75, 3.05) is 12.0 Å². The van der Waals surface area contributed by atoms with E-state index in [1.54, 1.807) is 0 Å². The first-order valence-electron chi connectivity index (χ1n) is 4.46. The molecular formula is C8H9F3N4S. The normalized spacial score (nSPS) is 11.2. The van der Waals surface area contributed by atoms with E-state index in [9.17, 15) is 13.2 Å². The van der Waals surface area contributed by atoms with E-state index in [0.29, 0.717) is 17.9 Å². The van der Waals surface area contributed by atoms with Crippen LogP contribution in [-0.4, -0.2) is 11.5 Å².